The third-order valence-corrected chi connectivity index (χ3v) is 4.87. The third kappa shape index (κ3) is 2.69. The number of carbonyl (C=O) groups excluding carboxylic acids is 1. The van der Waals surface area contributed by atoms with Gasteiger partial charge in [-0.2, -0.15) is 0 Å². The molecule has 0 aromatic heterocycles. The van der Waals surface area contributed by atoms with E-state index in [1.54, 1.807) is 7.11 Å². The normalized spacial score (nSPS) is 28.2. The van der Waals surface area contributed by atoms with Crippen LogP contribution < -0.4 is 10.1 Å². The van der Waals surface area contributed by atoms with Gasteiger partial charge in [-0.15, -0.1) is 0 Å². The van der Waals surface area contributed by atoms with Crippen molar-refractivity contribution in [3.8, 4) is 5.75 Å². The van der Waals surface area contributed by atoms with Crippen LogP contribution in [0.25, 0.3) is 0 Å². The van der Waals surface area contributed by atoms with Crippen molar-refractivity contribution in [2.75, 3.05) is 26.7 Å². The van der Waals surface area contributed by atoms with Crippen LogP contribution in [0, 0.1) is 5.92 Å². The summed E-state index contributed by atoms with van der Waals surface area (Å²) < 4.78 is 6.17. The Labute approximate surface area is 127 Å². The summed E-state index contributed by atoms with van der Waals surface area (Å²) in [6.07, 6.45) is 2.39. The van der Waals surface area contributed by atoms with Crippen LogP contribution in [-0.2, 0) is 0 Å². The zero-order valence-corrected chi connectivity index (χ0v) is 13.1. The number of amides is 1. The van der Waals surface area contributed by atoms with Gasteiger partial charge in [0.2, 0.25) is 0 Å². The number of methoxy groups -OCH3 is 1. The fourth-order valence-electron chi connectivity index (χ4n) is 3.23. The summed E-state index contributed by atoms with van der Waals surface area (Å²) in [6, 6.07) is 5.78. The number of halogens is 1. The van der Waals surface area contributed by atoms with Crippen LogP contribution in [0.2, 0.25) is 0 Å². The summed E-state index contributed by atoms with van der Waals surface area (Å²) in [6.45, 7) is 3.33. The second-order valence-corrected chi connectivity index (χ2v) is 6.48. The zero-order valence-electron chi connectivity index (χ0n) is 11.6. The molecule has 0 saturated carbocycles. The minimum absolute atomic E-state index is 0.0399. The molecular formula is C15H19BrN2O2. The van der Waals surface area contributed by atoms with E-state index in [9.17, 15) is 4.79 Å². The zero-order chi connectivity index (χ0) is 14.1. The van der Waals surface area contributed by atoms with Crippen molar-refractivity contribution in [1.29, 1.82) is 0 Å². The molecule has 1 unspecified atom stereocenters. The van der Waals surface area contributed by atoms with Gasteiger partial charge in [0.1, 0.15) is 5.75 Å². The first kappa shape index (κ1) is 13.9. The van der Waals surface area contributed by atoms with E-state index in [2.05, 4.69) is 26.1 Å². The average molecular weight is 339 g/mol. The molecule has 5 heteroatoms. The molecule has 3 aliphatic rings. The van der Waals surface area contributed by atoms with E-state index in [1.165, 1.54) is 25.9 Å². The Morgan fingerprint density at radius 1 is 1.40 bits per heavy atom. The van der Waals surface area contributed by atoms with Gasteiger partial charge in [0.15, 0.2) is 0 Å². The summed E-state index contributed by atoms with van der Waals surface area (Å²) in [7, 11) is 1.59. The molecule has 20 heavy (non-hydrogen) atoms. The molecule has 0 spiro atoms. The standard InChI is InChI=1S/C15H19BrN2O2/c1-20-14-3-2-11(16)8-12(14)15(19)17-13-9-18-6-4-10(13)5-7-18/h2-3,8,10,13H,4-7,9H2,1H3,(H,17,19). The first-order valence-electron chi connectivity index (χ1n) is 7.04. The van der Waals surface area contributed by atoms with Crippen LogP contribution in [0.4, 0.5) is 0 Å². The van der Waals surface area contributed by atoms with E-state index in [1.807, 2.05) is 18.2 Å². The Hall–Kier alpha value is -1.07. The number of benzene rings is 1. The number of ether oxygens (including phenoxy) is 1. The highest BCUT2D eigenvalue weighted by molar-refractivity contribution is 9.10. The Bertz CT molecular complexity index is 513. The highest BCUT2D eigenvalue weighted by Crippen LogP contribution is 2.28. The van der Waals surface area contributed by atoms with Gasteiger partial charge in [-0.05, 0) is 50.0 Å². The molecular weight excluding hydrogens is 320 g/mol. The third-order valence-electron chi connectivity index (χ3n) is 4.38. The topological polar surface area (TPSA) is 41.6 Å². The first-order valence-corrected chi connectivity index (χ1v) is 7.83. The van der Waals surface area contributed by atoms with Crippen LogP contribution in [0.15, 0.2) is 22.7 Å². The van der Waals surface area contributed by atoms with Crippen LogP contribution in [0.5, 0.6) is 5.75 Å². The van der Waals surface area contributed by atoms with E-state index < -0.39 is 0 Å². The minimum Gasteiger partial charge on any atom is -0.496 e. The maximum absolute atomic E-state index is 12.5. The molecule has 1 atom stereocenters. The molecule has 1 amide bonds. The number of carbonyl (C=O) groups is 1. The molecule has 3 aliphatic heterocycles. The molecule has 0 radical (unpaired) electrons. The van der Waals surface area contributed by atoms with Crippen LogP contribution in [0.1, 0.15) is 23.2 Å². The van der Waals surface area contributed by atoms with Gasteiger partial charge in [0, 0.05) is 17.1 Å². The highest BCUT2D eigenvalue weighted by atomic mass is 79.9. The van der Waals surface area contributed by atoms with Crippen molar-refractivity contribution in [1.82, 2.24) is 10.2 Å². The number of nitrogens with one attached hydrogen (secondary N) is 1. The molecule has 3 fully saturated rings. The molecule has 4 rings (SSSR count). The van der Waals surface area contributed by atoms with Crippen LogP contribution in [0.3, 0.4) is 0 Å². The summed E-state index contributed by atoms with van der Waals surface area (Å²) in [5.41, 5.74) is 0.596. The fourth-order valence-corrected chi connectivity index (χ4v) is 3.59. The molecule has 1 aromatic carbocycles. The first-order chi connectivity index (χ1) is 9.67. The fraction of sp³-hybridized carbons (Fsp3) is 0.533. The van der Waals surface area contributed by atoms with E-state index in [0.29, 0.717) is 17.2 Å². The Morgan fingerprint density at radius 2 is 2.15 bits per heavy atom. The van der Waals surface area contributed by atoms with Gasteiger partial charge in [-0.1, -0.05) is 15.9 Å². The van der Waals surface area contributed by atoms with E-state index in [4.69, 9.17) is 4.74 Å². The van der Waals surface area contributed by atoms with E-state index >= 15 is 0 Å². The van der Waals surface area contributed by atoms with Gasteiger partial charge >= 0.3 is 0 Å². The van der Waals surface area contributed by atoms with Crippen molar-refractivity contribution in [2.24, 2.45) is 5.92 Å². The largest absolute Gasteiger partial charge is 0.496 e. The second kappa shape index (κ2) is 5.74. The summed E-state index contributed by atoms with van der Waals surface area (Å²) >= 11 is 3.41. The number of hydrogen-bond acceptors (Lipinski definition) is 3. The van der Waals surface area contributed by atoms with Crippen molar-refractivity contribution in [3.05, 3.63) is 28.2 Å². The van der Waals surface area contributed by atoms with Crippen LogP contribution in [-0.4, -0.2) is 43.6 Å². The Kier molecular flexibility index (Phi) is 3.98. The lowest BCUT2D eigenvalue weighted by atomic mass is 9.84. The highest BCUT2D eigenvalue weighted by Gasteiger charge is 2.35. The van der Waals surface area contributed by atoms with Crippen molar-refractivity contribution in [2.45, 2.75) is 18.9 Å². The molecule has 1 N–H and O–H groups in total. The number of piperidine rings is 3. The monoisotopic (exact) mass is 338 g/mol. The number of nitrogens with zero attached hydrogens (tertiary/aromatic N) is 1. The number of fused-ring (bicyclic) bond motifs is 3. The Morgan fingerprint density at radius 3 is 2.75 bits per heavy atom. The minimum atomic E-state index is -0.0399. The van der Waals surface area contributed by atoms with Gasteiger partial charge in [0.05, 0.1) is 12.7 Å². The average Bonchev–Trinajstić information content (AvgIpc) is 2.48. The van der Waals surface area contributed by atoms with E-state index in [-0.39, 0.29) is 11.9 Å². The van der Waals surface area contributed by atoms with Crippen LogP contribution >= 0.6 is 15.9 Å². The molecule has 3 saturated heterocycles. The molecule has 3 heterocycles. The predicted octanol–water partition coefficient (Wildman–Crippen LogP) is 2.28. The SMILES string of the molecule is COc1ccc(Br)cc1C(=O)NC1CN2CCC1CC2. The molecule has 0 aliphatic carbocycles. The van der Waals surface area contributed by atoms with Crippen molar-refractivity contribution >= 4 is 21.8 Å². The quantitative estimate of drug-likeness (QED) is 0.919. The lowest BCUT2D eigenvalue weighted by Gasteiger charge is -2.44. The lowest BCUT2D eigenvalue weighted by Crippen LogP contribution is -2.57. The van der Waals surface area contributed by atoms with Gasteiger partial charge in [-0.3, -0.25) is 4.79 Å². The molecule has 1 aromatic rings. The number of rotatable bonds is 3. The summed E-state index contributed by atoms with van der Waals surface area (Å²) in [4.78, 5) is 14.9. The van der Waals surface area contributed by atoms with Gasteiger partial charge in [-0.25, -0.2) is 0 Å². The number of hydrogen-bond donors (Lipinski definition) is 1. The van der Waals surface area contributed by atoms with Crippen molar-refractivity contribution < 1.29 is 9.53 Å². The maximum Gasteiger partial charge on any atom is 0.255 e. The molecule has 108 valence electrons. The smallest absolute Gasteiger partial charge is 0.255 e. The molecule has 4 nitrogen and oxygen atoms in total. The van der Waals surface area contributed by atoms with Crippen molar-refractivity contribution in [3.63, 3.8) is 0 Å². The maximum atomic E-state index is 12.5. The second-order valence-electron chi connectivity index (χ2n) is 5.56. The molecule has 2 bridgehead atoms. The Balaban J connectivity index is 1.75. The predicted molar refractivity (Wildman–Crippen MR) is 81.1 cm³/mol. The lowest BCUT2D eigenvalue weighted by molar-refractivity contribution is 0.0619. The van der Waals surface area contributed by atoms with Gasteiger partial charge < -0.3 is 15.0 Å². The van der Waals surface area contributed by atoms with E-state index in [0.717, 1.165) is 11.0 Å². The summed E-state index contributed by atoms with van der Waals surface area (Å²) in [5, 5.41) is 3.19. The van der Waals surface area contributed by atoms with Gasteiger partial charge in [0.25, 0.3) is 5.91 Å². The summed E-state index contributed by atoms with van der Waals surface area (Å²) in [5.74, 6) is 1.20.